The highest BCUT2D eigenvalue weighted by atomic mass is 79.9. The molecule has 0 aromatic heterocycles. The van der Waals surface area contributed by atoms with E-state index in [0.717, 1.165) is 10.0 Å². The summed E-state index contributed by atoms with van der Waals surface area (Å²) in [7, 11) is 0. The first-order chi connectivity index (χ1) is 8.99. The summed E-state index contributed by atoms with van der Waals surface area (Å²) in [4.78, 5) is 0. The van der Waals surface area contributed by atoms with Gasteiger partial charge in [-0.05, 0) is 35.2 Å². The molecule has 0 radical (unpaired) electrons. The predicted molar refractivity (Wildman–Crippen MR) is 82.3 cm³/mol. The fourth-order valence-corrected chi connectivity index (χ4v) is 2.63. The highest BCUT2D eigenvalue weighted by Crippen LogP contribution is 2.32. The van der Waals surface area contributed by atoms with Gasteiger partial charge in [0, 0.05) is 10.0 Å². The van der Waals surface area contributed by atoms with E-state index < -0.39 is 5.38 Å². The van der Waals surface area contributed by atoms with E-state index in [0.29, 0.717) is 11.5 Å². The Morgan fingerprint density at radius 1 is 1.00 bits per heavy atom. The first-order valence-corrected chi connectivity index (χ1v) is 7.41. The lowest BCUT2D eigenvalue weighted by molar-refractivity contribution is 0.612. The van der Waals surface area contributed by atoms with Crippen LogP contribution in [0.2, 0.25) is 0 Å². The molecule has 0 heterocycles. The SMILES string of the molecule is CC(C)c1ccc(C(Cl)c2cc(Br)ccc2F)cc1. The van der Waals surface area contributed by atoms with Crippen molar-refractivity contribution in [2.45, 2.75) is 25.1 Å². The Kier molecular flexibility index (Phi) is 4.64. The zero-order chi connectivity index (χ0) is 14.0. The Bertz CT molecular complexity index is 563. The third-order valence-electron chi connectivity index (χ3n) is 3.13. The lowest BCUT2D eigenvalue weighted by atomic mass is 9.98. The minimum atomic E-state index is -0.473. The summed E-state index contributed by atoms with van der Waals surface area (Å²) in [6.07, 6.45) is 0. The number of hydrogen-bond acceptors (Lipinski definition) is 0. The van der Waals surface area contributed by atoms with Crippen LogP contribution in [0.25, 0.3) is 0 Å². The van der Waals surface area contributed by atoms with E-state index in [1.165, 1.54) is 11.6 Å². The monoisotopic (exact) mass is 340 g/mol. The third kappa shape index (κ3) is 3.37. The van der Waals surface area contributed by atoms with Gasteiger partial charge in [-0.2, -0.15) is 0 Å². The molecule has 0 saturated carbocycles. The van der Waals surface area contributed by atoms with Gasteiger partial charge < -0.3 is 0 Å². The van der Waals surface area contributed by atoms with E-state index in [1.54, 1.807) is 12.1 Å². The summed E-state index contributed by atoms with van der Waals surface area (Å²) in [5.74, 6) is 0.196. The lowest BCUT2D eigenvalue weighted by Gasteiger charge is -2.13. The topological polar surface area (TPSA) is 0 Å². The maximum Gasteiger partial charge on any atom is 0.128 e. The van der Waals surface area contributed by atoms with Gasteiger partial charge in [0.25, 0.3) is 0 Å². The van der Waals surface area contributed by atoms with Crippen molar-refractivity contribution in [2.75, 3.05) is 0 Å². The molecule has 1 unspecified atom stereocenters. The molecule has 0 aliphatic rings. The van der Waals surface area contributed by atoms with Crippen molar-refractivity contribution < 1.29 is 4.39 Å². The molecule has 0 bridgehead atoms. The quantitative estimate of drug-likeness (QED) is 0.597. The highest BCUT2D eigenvalue weighted by Gasteiger charge is 2.15. The molecule has 3 heteroatoms. The summed E-state index contributed by atoms with van der Waals surface area (Å²) in [5, 5.41) is -0.473. The van der Waals surface area contributed by atoms with Gasteiger partial charge in [0.2, 0.25) is 0 Å². The number of halogens is 3. The van der Waals surface area contributed by atoms with Crippen molar-refractivity contribution in [2.24, 2.45) is 0 Å². The zero-order valence-corrected chi connectivity index (χ0v) is 13.2. The van der Waals surface area contributed by atoms with Crippen molar-refractivity contribution in [1.82, 2.24) is 0 Å². The number of benzene rings is 2. The van der Waals surface area contributed by atoms with Crippen LogP contribution in [0.15, 0.2) is 46.9 Å². The molecular formula is C16H15BrClF. The predicted octanol–water partition coefficient (Wildman–Crippen LogP) is 6.04. The summed E-state index contributed by atoms with van der Waals surface area (Å²) in [5.41, 5.74) is 2.65. The van der Waals surface area contributed by atoms with Gasteiger partial charge in [0.05, 0.1) is 5.38 Å². The molecule has 0 N–H and O–H groups in total. The van der Waals surface area contributed by atoms with Crippen LogP contribution in [0.4, 0.5) is 4.39 Å². The third-order valence-corrected chi connectivity index (χ3v) is 4.11. The van der Waals surface area contributed by atoms with Gasteiger partial charge in [-0.1, -0.05) is 54.0 Å². The van der Waals surface area contributed by atoms with Crippen LogP contribution in [0.3, 0.4) is 0 Å². The second-order valence-electron chi connectivity index (χ2n) is 4.85. The molecule has 0 fully saturated rings. The molecule has 0 saturated heterocycles. The smallest absolute Gasteiger partial charge is 0.128 e. The summed E-state index contributed by atoms with van der Waals surface area (Å²) in [6, 6.07) is 12.8. The van der Waals surface area contributed by atoms with Crippen molar-refractivity contribution in [1.29, 1.82) is 0 Å². The Morgan fingerprint density at radius 3 is 2.16 bits per heavy atom. The van der Waals surface area contributed by atoms with E-state index in [2.05, 4.69) is 29.8 Å². The van der Waals surface area contributed by atoms with Crippen molar-refractivity contribution >= 4 is 27.5 Å². The Hall–Kier alpha value is -0.860. The maximum atomic E-state index is 13.8. The van der Waals surface area contributed by atoms with Gasteiger partial charge in [-0.15, -0.1) is 11.6 Å². The zero-order valence-electron chi connectivity index (χ0n) is 10.8. The fourth-order valence-electron chi connectivity index (χ4n) is 1.94. The van der Waals surface area contributed by atoms with Crippen LogP contribution in [0.5, 0.6) is 0 Å². The summed E-state index contributed by atoms with van der Waals surface area (Å²) in [6.45, 7) is 4.28. The summed E-state index contributed by atoms with van der Waals surface area (Å²) < 4.78 is 14.6. The van der Waals surface area contributed by atoms with Gasteiger partial charge in [0.1, 0.15) is 5.82 Å². The number of hydrogen-bond donors (Lipinski definition) is 0. The Labute approximate surface area is 126 Å². The second-order valence-corrected chi connectivity index (χ2v) is 6.20. The number of rotatable bonds is 3. The fraction of sp³-hybridized carbons (Fsp3) is 0.250. The first-order valence-electron chi connectivity index (χ1n) is 6.18. The lowest BCUT2D eigenvalue weighted by Crippen LogP contribution is -1.98. The molecule has 100 valence electrons. The largest absolute Gasteiger partial charge is 0.207 e. The number of alkyl halides is 1. The first kappa shape index (κ1) is 14.5. The normalized spacial score (nSPS) is 12.7. The van der Waals surface area contributed by atoms with Crippen molar-refractivity contribution in [3.8, 4) is 0 Å². The van der Waals surface area contributed by atoms with Crippen LogP contribution in [-0.2, 0) is 0 Å². The van der Waals surface area contributed by atoms with E-state index in [1.807, 2.05) is 24.3 Å². The van der Waals surface area contributed by atoms with E-state index >= 15 is 0 Å². The average Bonchev–Trinajstić information content (AvgIpc) is 2.41. The van der Waals surface area contributed by atoms with Gasteiger partial charge >= 0.3 is 0 Å². The maximum absolute atomic E-state index is 13.8. The van der Waals surface area contributed by atoms with Crippen LogP contribution in [-0.4, -0.2) is 0 Å². The molecule has 19 heavy (non-hydrogen) atoms. The van der Waals surface area contributed by atoms with E-state index in [4.69, 9.17) is 11.6 Å². The molecule has 0 aliphatic carbocycles. The average molecular weight is 342 g/mol. The molecule has 2 aromatic rings. The molecule has 0 amide bonds. The van der Waals surface area contributed by atoms with Crippen molar-refractivity contribution in [3.05, 3.63) is 69.4 Å². The van der Waals surface area contributed by atoms with Gasteiger partial charge in [-0.3, -0.25) is 0 Å². The van der Waals surface area contributed by atoms with Crippen LogP contribution >= 0.6 is 27.5 Å². The molecule has 0 spiro atoms. The Morgan fingerprint density at radius 2 is 1.58 bits per heavy atom. The van der Waals surface area contributed by atoms with Gasteiger partial charge in [0.15, 0.2) is 0 Å². The minimum Gasteiger partial charge on any atom is -0.207 e. The molecule has 1 atom stereocenters. The van der Waals surface area contributed by atoms with Gasteiger partial charge in [-0.25, -0.2) is 4.39 Å². The molecule has 2 aromatic carbocycles. The molecule has 0 nitrogen and oxygen atoms in total. The van der Waals surface area contributed by atoms with Crippen LogP contribution < -0.4 is 0 Å². The van der Waals surface area contributed by atoms with Crippen LogP contribution in [0.1, 0.15) is 41.8 Å². The summed E-state index contributed by atoms with van der Waals surface area (Å²) >= 11 is 9.72. The van der Waals surface area contributed by atoms with Crippen LogP contribution in [0, 0.1) is 5.82 Å². The molecule has 2 rings (SSSR count). The molecule has 0 aliphatic heterocycles. The Balaban J connectivity index is 2.33. The van der Waals surface area contributed by atoms with Crippen molar-refractivity contribution in [3.63, 3.8) is 0 Å². The molecular weight excluding hydrogens is 327 g/mol. The highest BCUT2D eigenvalue weighted by molar-refractivity contribution is 9.10. The minimum absolute atomic E-state index is 0.281. The standard InChI is InChI=1S/C16H15BrClF/c1-10(2)11-3-5-12(6-4-11)16(18)14-9-13(17)7-8-15(14)19/h3-10,16H,1-2H3. The van der Waals surface area contributed by atoms with E-state index in [-0.39, 0.29) is 5.82 Å². The second kappa shape index (κ2) is 6.06. The van der Waals surface area contributed by atoms with E-state index in [9.17, 15) is 4.39 Å².